The van der Waals surface area contributed by atoms with Gasteiger partial charge in [-0.3, -0.25) is 4.79 Å². The molecule has 0 spiro atoms. The van der Waals surface area contributed by atoms with Crippen LogP contribution in [0.1, 0.15) is 20.3 Å². The zero-order valence-electron chi connectivity index (χ0n) is 7.13. The van der Waals surface area contributed by atoms with E-state index in [4.69, 9.17) is 5.11 Å². The molecule has 2 atom stereocenters. The number of hydrogen-bond acceptors (Lipinski definition) is 3. The molecule has 0 aliphatic carbocycles. The van der Waals surface area contributed by atoms with Gasteiger partial charge in [0.15, 0.2) is 0 Å². The standard InChI is InChI=1S/C7H15NO3/c1-4-5(2)6(7(9)10)8-11-3/h5-6,8H,4H2,1-3H3,(H,9,10). The summed E-state index contributed by atoms with van der Waals surface area (Å²) in [4.78, 5) is 15.1. The molecule has 4 nitrogen and oxygen atoms in total. The minimum absolute atomic E-state index is 0.0763. The number of carboxylic acid groups (broad SMARTS) is 1. The highest BCUT2D eigenvalue weighted by Crippen LogP contribution is 2.07. The fraction of sp³-hybridized carbons (Fsp3) is 0.857. The first-order valence-electron chi connectivity index (χ1n) is 3.64. The van der Waals surface area contributed by atoms with Crippen molar-refractivity contribution in [1.82, 2.24) is 5.48 Å². The van der Waals surface area contributed by atoms with E-state index in [1.807, 2.05) is 13.8 Å². The van der Waals surface area contributed by atoms with Crippen molar-refractivity contribution in [2.75, 3.05) is 7.11 Å². The highest BCUT2D eigenvalue weighted by molar-refractivity contribution is 5.73. The molecule has 0 bridgehead atoms. The molecule has 0 rings (SSSR count). The molecule has 0 amide bonds. The Labute approximate surface area is 66.5 Å². The lowest BCUT2D eigenvalue weighted by Gasteiger charge is -2.18. The van der Waals surface area contributed by atoms with Crippen LogP contribution in [-0.4, -0.2) is 24.2 Å². The number of rotatable bonds is 5. The van der Waals surface area contributed by atoms with Crippen LogP contribution in [0.3, 0.4) is 0 Å². The van der Waals surface area contributed by atoms with Crippen molar-refractivity contribution in [2.24, 2.45) is 5.92 Å². The average Bonchev–Trinajstić information content (AvgIpc) is 1.98. The fourth-order valence-electron chi connectivity index (χ4n) is 0.773. The minimum Gasteiger partial charge on any atom is -0.480 e. The number of carboxylic acids is 1. The highest BCUT2D eigenvalue weighted by atomic mass is 16.6. The third-order valence-corrected chi connectivity index (χ3v) is 1.72. The summed E-state index contributed by atoms with van der Waals surface area (Å²) in [5.41, 5.74) is 2.43. The molecular weight excluding hydrogens is 146 g/mol. The summed E-state index contributed by atoms with van der Waals surface area (Å²) in [6.45, 7) is 3.81. The Balaban J connectivity index is 3.97. The topological polar surface area (TPSA) is 58.6 Å². The molecule has 11 heavy (non-hydrogen) atoms. The van der Waals surface area contributed by atoms with Crippen LogP contribution in [0.4, 0.5) is 0 Å². The SMILES string of the molecule is CCC(C)C(NOC)C(=O)O. The van der Waals surface area contributed by atoms with Gasteiger partial charge in [0.25, 0.3) is 0 Å². The Bertz CT molecular complexity index is 127. The molecule has 2 unspecified atom stereocenters. The van der Waals surface area contributed by atoms with Crippen LogP contribution >= 0.6 is 0 Å². The fourth-order valence-corrected chi connectivity index (χ4v) is 0.773. The number of hydroxylamine groups is 1. The van der Waals surface area contributed by atoms with Gasteiger partial charge in [-0.1, -0.05) is 20.3 Å². The van der Waals surface area contributed by atoms with E-state index >= 15 is 0 Å². The van der Waals surface area contributed by atoms with Crippen LogP contribution in [0.15, 0.2) is 0 Å². The first-order chi connectivity index (χ1) is 5.13. The summed E-state index contributed by atoms with van der Waals surface area (Å²) in [7, 11) is 1.42. The van der Waals surface area contributed by atoms with E-state index < -0.39 is 12.0 Å². The Morgan fingerprint density at radius 3 is 2.55 bits per heavy atom. The maximum Gasteiger partial charge on any atom is 0.323 e. The zero-order chi connectivity index (χ0) is 8.85. The van der Waals surface area contributed by atoms with Crippen LogP contribution in [0, 0.1) is 5.92 Å². The second kappa shape index (κ2) is 5.09. The normalized spacial score (nSPS) is 15.9. The molecule has 0 aromatic rings. The van der Waals surface area contributed by atoms with Gasteiger partial charge in [-0.25, -0.2) is 0 Å². The number of nitrogens with one attached hydrogen (secondary N) is 1. The molecule has 66 valence electrons. The van der Waals surface area contributed by atoms with Gasteiger partial charge in [0.1, 0.15) is 6.04 Å². The van der Waals surface area contributed by atoms with Gasteiger partial charge in [0, 0.05) is 0 Å². The van der Waals surface area contributed by atoms with E-state index in [0.717, 1.165) is 6.42 Å². The van der Waals surface area contributed by atoms with Gasteiger partial charge in [0.05, 0.1) is 7.11 Å². The van der Waals surface area contributed by atoms with Crippen LogP contribution in [0.25, 0.3) is 0 Å². The first-order valence-corrected chi connectivity index (χ1v) is 3.64. The third kappa shape index (κ3) is 3.34. The monoisotopic (exact) mass is 161 g/mol. The lowest BCUT2D eigenvalue weighted by Crippen LogP contribution is -2.40. The maximum absolute atomic E-state index is 10.5. The van der Waals surface area contributed by atoms with Gasteiger partial charge in [0.2, 0.25) is 0 Å². The number of hydrogen-bond donors (Lipinski definition) is 2. The molecule has 2 N–H and O–H groups in total. The summed E-state index contributed by atoms with van der Waals surface area (Å²) in [5.74, 6) is -0.798. The van der Waals surface area contributed by atoms with Crippen LogP contribution < -0.4 is 5.48 Å². The molecular formula is C7H15NO3. The third-order valence-electron chi connectivity index (χ3n) is 1.72. The lowest BCUT2D eigenvalue weighted by atomic mass is 10.0. The van der Waals surface area contributed by atoms with E-state index in [1.165, 1.54) is 7.11 Å². The summed E-state index contributed by atoms with van der Waals surface area (Å²) in [6, 6.07) is -0.606. The van der Waals surface area contributed by atoms with Gasteiger partial charge >= 0.3 is 5.97 Å². The summed E-state index contributed by atoms with van der Waals surface area (Å²) >= 11 is 0. The average molecular weight is 161 g/mol. The van der Waals surface area contributed by atoms with E-state index in [1.54, 1.807) is 0 Å². The van der Waals surface area contributed by atoms with Crippen molar-refractivity contribution in [3.05, 3.63) is 0 Å². The van der Waals surface area contributed by atoms with E-state index in [0.29, 0.717) is 0 Å². The molecule has 0 radical (unpaired) electrons. The second-order valence-electron chi connectivity index (χ2n) is 2.52. The predicted molar refractivity (Wildman–Crippen MR) is 41.0 cm³/mol. The molecule has 0 aromatic carbocycles. The van der Waals surface area contributed by atoms with E-state index in [2.05, 4.69) is 10.3 Å². The van der Waals surface area contributed by atoms with Gasteiger partial charge in [-0.05, 0) is 5.92 Å². The summed E-state index contributed by atoms with van der Waals surface area (Å²) in [5, 5.41) is 8.66. The van der Waals surface area contributed by atoms with Crippen molar-refractivity contribution in [3.63, 3.8) is 0 Å². The minimum atomic E-state index is -0.874. The van der Waals surface area contributed by atoms with Gasteiger partial charge in [-0.15, -0.1) is 0 Å². The number of carbonyl (C=O) groups is 1. The quantitative estimate of drug-likeness (QED) is 0.581. The van der Waals surface area contributed by atoms with E-state index in [9.17, 15) is 4.79 Å². The van der Waals surface area contributed by atoms with Crippen molar-refractivity contribution in [2.45, 2.75) is 26.3 Å². The molecule has 0 fully saturated rings. The van der Waals surface area contributed by atoms with Crippen molar-refractivity contribution in [1.29, 1.82) is 0 Å². The van der Waals surface area contributed by atoms with Crippen molar-refractivity contribution in [3.8, 4) is 0 Å². The molecule has 0 saturated heterocycles. The van der Waals surface area contributed by atoms with Crippen molar-refractivity contribution < 1.29 is 14.7 Å². The largest absolute Gasteiger partial charge is 0.480 e. The Hall–Kier alpha value is -0.610. The number of aliphatic carboxylic acids is 1. The zero-order valence-corrected chi connectivity index (χ0v) is 7.13. The van der Waals surface area contributed by atoms with Crippen molar-refractivity contribution >= 4 is 5.97 Å². The van der Waals surface area contributed by atoms with Crippen LogP contribution in [-0.2, 0) is 9.63 Å². The highest BCUT2D eigenvalue weighted by Gasteiger charge is 2.22. The van der Waals surface area contributed by atoms with Crippen LogP contribution in [0.5, 0.6) is 0 Å². The lowest BCUT2D eigenvalue weighted by molar-refractivity contribution is -0.145. The van der Waals surface area contributed by atoms with E-state index in [-0.39, 0.29) is 5.92 Å². The molecule has 0 heterocycles. The van der Waals surface area contributed by atoms with Gasteiger partial charge < -0.3 is 9.94 Å². The maximum atomic E-state index is 10.5. The summed E-state index contributed by atoms with van der Waals surface area (Å²) < 4.78 is 0. The van der Waals surface area contributed by atoms with Crippen LogP contribution in [0.2, 0.25) is 0 Å². The first kappa shape index (κ1) is 10.4. The molecule has 0 saturated carbocycles. The molecule has 0 aliphatic heterocycles. The van der Waals surface area contributed by atoms with Gasteiger partial charge in [-0.2, -0.15) is 5.48 Å². The molecule has 4 heteroatoms. The second-order valence-corrected chi connectivity index (χ2v) is 2.52. The summed E-state index contributed by atoms with van der Waals surface area (Å²) in [6.07, 6.45) is 0.813. The Kier molecular flexibility index (Phi) is 4.81. The molecule has 0 aromatic heterocycles. The Morgan fingerprint density at radius 1 is 1.73 bits per heavy atom. The Morgan fingerprint density at radius 2 is 2.27 bits per heavy atom. The smallest absolute Gasteiger partial charge is 0.323 e. The predicted octanol–water partition coefficient (Wildman–Crippen LogP) is 0.637. The molecule has 0 aliphatic rings.